The minimum Gasteiger partial charge on any atom is -0.307 e. The Balaban J connectivity index is 1.98. The first-order valence-electron chi connectivity index (χ1n) is 5.26. The number of nitrogens with one attached hydrogen (secondary N) is 1. The molecule has 0 radical (unpaired) electrons. The molecule has 1 fully saturated rings. The zero-order valence-electron chi connectivity index (χ0n) is 8.28. The lowest BCUT2D eigenvalue weighted by Gasteiger charge is -2.21. The van der Waals surface area contributed by atoms with E-state index in [-0.39, 0.29) is 0 Å². The van der Waals surface area contributed by atoms with Crippen molar-refractivity contribution in [2.75, 3.05) is 0 Å². The van der Waals surface area contributed by atoms with Crippen LogP contribution >= 0.6 is 11.6 Å². The first kappa shape index (κ1) is 9.31. The average Bonchev–Trinajstić information content (AvgIpc) is 2.58. The van der Waals surface area contributed by atoms with E-state index in [1.54, 1.807) is 12.4 Å². The molecular formula is C11H12ClN3. The van der Waals surface area contributed by atoms with E-state index in [1.807, 2.05) is 0 Å². The minimum absolute atomic E-state index is 0.511. The van der Waals surface area contributed by atoms with Crippen LogP contribution in [-0.4, -0.2) is 22.1 Å². The second kappa shape index (κ2) is 3.58. The number of nitrogens with zero attached hydrogens (tertiary/aromatic N) is 2. The van der Waals surface area contributed by atoms with Crippen molar-refractivity contribution in [3.63, 3.8) is 0 Å². The van der Waals surface area contributed by atoms with E-state index in [0.717, 1.165) is 12.1 Å². The highest BCUT2D eigenvalue weighted by Gasteiger charge is 2.29. The van der Waals surface area contributed by atoms with Gasteiger partial charge in [0.1, 0.15) is 5.69 Å². The molecule has 0 unspecified atom stereocenters. The minimum atomic E-state index is 0.511. The van der Waals surface area contributed by atoms with Gasteiger partial charge in [-0.25, -0.2) is 4.98 Å². The molecule has 2 aliphatic rings. The number of aromatic nitrogens is 2. The van der Waals surface area contributed by atoms with E-state index >= 15 is 0 Å². The lowest BCUT2D eigenvalue weighted by molar-refractivity contribution is 0.574. The Kier molecular flexibility index (Phi) is 2.22. The molecule has 0 amide bonds. The summed E-state index contributed by atoms with van der Waals surface area (Å²) in [6.07, 6.45) is 9.08. The summed E-state index contributed by atoms with van der Waals surface area (Å²) in [6.45, 7) is 0. The third-order valence-electron chi connectivity index (χ3n) is 3.10. The molecule has 78 valence electrons. The van der Waals surface area contributed by atoms with Crippen LogP contribution in [0, 0.1) is 0 Å². The van der Waals surface area contributed by atoms with Gasteiger partial charge in [0.15, 0.2) is 5.15 Å². The fourth-order valence-corrected chi connectivity index (χ4v) is 2.66. The summed E-state index contributed by atoms with van der Waals surface area (Å²) in [7, 11) is 0. The summed E-state index contributed by atoms with van der Waals surface area (Å²) >= 11 is 6.04. The van der Waals surface area contributed by atoms with Gasteiger partial charge >= 0.3 is 0 Å². The third kappa shape index (κ3) is 1.66. The van der Waals surface area contributed by atoms with Gasteiger partial charge in [0, 0.05) is 24.5 Å². The Labute approximate surface area is 93.6 Å². The quantitative estimate of drug-likeness (QED) is 0.789. The maximum absolute atomic E-state index is 6.04. The van der Waals surface area contributed by atoms with Crippen molar-refractivity contribution in [1.29, 1.82) is 0 Å². The summed E-state index contributed by atoms with van der Waals surface area (Å²) in [5.74, 6) is 0. The maximum Gasteiger partial charge on any atom is 0.154 e. The summed E-state index contributed by atoms with van der Waals surface area (Å²) < 4.78 is 0. The summed E-state index contributed by atoms with van der Waals surface area (Å²) in [4.78, 5) is 8.37. The molecule has 0 aromatic carbocycles. The molecule has 3 rings (SSSR count). The fourth-order valence-electron chi connectivity index (χ4n) is 2.43. The van der Waals surface area contributed by atoms with Crippen LogP contribution in [0.2, 0.25) is 5.15 Å². The second-order valence-corrected chi connectivity index (χ2v) is 4.50. The zero-order chi connectivity index (χ0) is 10.3. The van der Waals surface area contributed by atoms with Crippen LogP contribution in [0.15, 0.2) is 18.5 Å². The van der Waals surface area contributed by atoms with Gasteiger partial charge in [-0.1, -0.05) is 17.7 Å². The number of hydrogen-bond donors (Lipinski definition) is 1. The van der Waals surface area contributed by atoms with E-state index in [2.05, 4.69) is 21.4 Å². The maximum atomic E-state index is 6.04. The molecule has 2 aliphatic heterocycles. The SMILES string of the molecule is Clc1nccnc1C1=C[C@H]2CC[C@@H](C1)N2. The number of hydrogen-bond acceptors (Lipinski definition) is 3. The normalized spacial score (nSPS) is 29.0. The van der Waals surface area contributed by atoms with Crippen LogP contribution in [0.3, 0.4) is 0 Å². The van der Waals surface area contributed by atoms with Crippen molar-refractivity contribution in [2.45, 2.75) is 31.3 Å². The molecule has 0 saturated carbocycles. The van der Waals surface area contributed by atoms with Crippen LogP contribution in [0.5, 0.6) is 0 Å². The van der Waals surface area contributed by atoms with Gasteiger partial charge in [-0.2, -0.15) is 0 Å². The molecule has 2 atom stereocenters. The highest BCUT2D eigenvalue weighted by Crippen LogP contribution is 2.32. The molecule has 2 bridgehead atoms. The Morgan fingerprint density at radius 1 is 1.27 bits per heavy atom. The molecule has 15 heavy (non-hydrogen) atoms. The number of halogens is 1. The predicted molar refractivity (Wildman–Crippen MR) is 59.6 cm³/mol. The first-order chi connectivity index (χ1) is 7.33. The predicted octanol–water partition coefficient (Wildman–Crippen LogP) is 2.04. The second-order valence-electron chi connectivity index (χ2n) is 4.14. The highest BCUT2D eigenvalue weighted by molar-refractivity contribution is 6.30. The molecule has 1 saturated heterocycles. The largest absolute Gasteiger partial charge is 0.307 e. The van der Waals surface area contributed by atoms with Gasteiger partial charge in [-0.05, 0) is 24.8 Å². The molecule has 3 heterocycles. The van der Waals surface area contributed by atoms with Crippen molar-refractivity contribution < 1.29 is 0 Å². The topological polar surface area (TPSA) is 37.8 Å². The summed E-state index contributed by atoms with van der Waals surface area (Å²) in [5.41, 5.74) is 2.11. The molecule has 3 nitrogen and oxygen atoms in total. The van der Waals surface area contributed by atoms with Crippen molar-refractivity contribution in [3.8, 4) is 0 Å². The van der Waals surface area contributed by atoms with Gasteiger partial charge in [0.25, 0.3) is 0 Å². The molecule has 1 N–H and O–H groups in total. The zero-order valence-corrected chi connectivity index (χ0v) is 9.04. The Bertz CT molecular complexity index is 416. The van der Waals surface area contributed by atoms with Gasteiger partial charge < -0.3 is 5.32 Å². The molecule has 1 aromatic heterocycles. The van der Waals surface area contributed by atoms with E-state index in [4.69, 9.17) is 11.6 Å². The molecule has 4 heteroatoms. The average molecular weight is 222 g/mol. The molecule has 0 spiro atoms. The van der Waals surface area contributed by atoms with Gasteiger partial charge in [0.2, 0.25) is 0 Å². The van der Waals surface area contributed by atoms with Crippen LogP contribution in [0.25, 0.3) is 5.57 Å². The van der Waals surface area contributed by atoms with Crippen molar-refractivity contribution in [2.24, 2.45) is 0 Å². The summed E-state index contributed by atoms with van der Waals surface area (Å²) in [5, 5.41) is 4.06. The van der Waals surface area contributed by atoms with E-state index in [1.165, 1.54) is 18.4 Å². The standard InChI is InChI=1S/C11H12ClN3/c12-11-10(13-3-4-14-11)7-5-8-1-2-9(6-7)15-8/h3-5,8-9,15H,1-2,6H2/t8-,9+/m1/s1. The van der Waals surface area contributed by atoms with Crippen LogP contribution < -0.4 is 5.32 Å². The Morgan fingerprint density at radius 2 is 2.13 bits per heavy atom. The van der Waals surface area contributed by atoms with Gasteiger partial charge in [0.05, 0.1) is 0 Å². The first-order valence-corrected chi connectivity index (χ1v) is 5.64. The van der Waals surface area contributed by atoms with Crippen molar-refractivity contribution in [1.82, 2.24) is 15.3 Å². The third-order valence-corrected chi connectivity index (χ3v) is 3.38. The van der Waals surface area contributed by atoms with Crippen LogP contribution in [0.1, 0.15) is 25.0 Å². The lowest BCUT2D eigenvalue weighted by atomic mass is 10.0. The van der Waals surface area contributed by atoms with E-state index in [0.29, 0.717) is 17.2 Å². The molecule has 1 aromatic rings. The lowest BCUT2D eigenvalue weighted by Crippen LogP contribution is -2.32. The number of fused-ring (bicyclic) bond motifs is 2. The van der Waals surface area contributed by atoms with Crippen LogP contribution in [-0.2, 0) is 0 Å². The van der Waals surface area contributed by atoms with Gasteiger partial charge in [-0.15, -0.1) is 0 Å². The van der Waals surface area contributed by atoms with Crippen molar-refractivity contribution >= 4 is 17.2 Å². The van der Waals surface area contributed by atoms with Gasteiger partial charge in [-0.3, -0.25) is 4.98 Å². The molecular weight excluding hydrogens is 210 g/mol. The Morgan fingerprint density at radius 3 is 2.93 bits per heavy atom. The van der Waals surface area contributed by atoms with E-state index in [9.17, 15) is 0 Å². The van der Waals surface area contributed by atoms with Crippen LogP contribution in [0.4, 0.5) is 0 Å². The fraction of sp³-hybridized carbons (Fsp3) is 0.455. The highest BCUT2D eigenvalue weighted by atomic mass is 35.5. The smallest absolute Gasteiger partial charge is 0.154 e. The number of rotatable bonds is 1. The summed E-state index contributed by atoms with van der Waals surface area (Å²) in [6, 6.07) is 1.12. The Hall–Kier alpha value is -0.930. The van der Waals surface area contributed by atoms with E-state index < -0.39 is 0 Å². The molecule has 0 aliphatic carbocycles. The van der Waals surface area contributed by atoms with Crippen molar-refractivity contribution in [3.05, 3.63) is 29.3 Å². The monoisotopic (exact) mass is 221 g/mol.